The van der Waals surface area contributed by atoms with E-state index in [1.165, 1.54) is 12.8 Å². The molecule has 0 bridgehead atoms. The monoisotopic (exact) mass is 276 g/mol. The quantitative estimate of drug-likeness (QED) is 0.912. The highest BCUT2D eigenvalue weighted by Crippen LogP contribution is 2.30. The molecule has 1 atom stereocenters. The van der Waals surface area contributed by atoms with Gasteiger partial charge in [-0.15, -0.1) is 5.10 Å². The molecule has 20 heavy (non-hydrogen) atoms. The molecule has 1 unspecified atom stereocenters. The third kappa shape index (κ3) is 3.66. The Balaban J connectivity index is 1.49. The van der Waals surface area contributed by atoms with Crippen molar-refractivity contribution in [1.29, 1.82) is 0 Å². The Morgan fingerprint density at radius 1 is 1.45 bits per heavy atom. The van der Waals surface area contributed by atoms with Crippen molar-refractivity contribution in [1.82, 2.24) is 15.1 Å². The van der Waals surface area contributed by atoms with Crippen molar-refractivity contribution >= 4 is 11.8 Å². The first-order chi connectivity index (χ1) is 9.81. The van der Waals surface area contributed by atoms with Gasteiger partial charge in [0.15, 0.2) is 5.82 Å². The molecule has 1 aliphatic carbocycles. The molecule has 6 nitrogen and oxygen atoms in total. The van der Waals surface area contributed by atoms with Gasteiger partial charge in [0, 0.05) is 25.9 Å². The van der Waals surface area contributed by atoms with E-state index in [2.05, 4.69) is 15.5 Å². The lowest BCUT2D eigenvalue weighted by molar-refractivity contribution is 0.00596. The molecular formula is C14H20N4O2. The normalized spacial score (nSPS) is 22.6. The van der Waals surface area contributed by atoms with Crippen LogP contribution in [0.15, 0.2) is 18.3 Å². The van der Waals surface area contributed by atoms with Crippen LogP contribution in [-0.2, 0) is 4.74 Å². The number of urea groups is 1. The van der Waals surface area contributed by atoms with E-state index in [1.807, 2.05) is 0 Å². The highest BCUT2D eigenvalue weighted by Gasteiger charge is 2.27. The van der Waals surface area contributed by atoms with Crippen LogP contribution < -0.4 is 5.32 Å². The van der Waals surface area contributed by atoms with Crippen LogP contribution in [0.5, 0.6) is 0 Å². The molecule has 0 spiro atoms. The average Bonchev–Trinajstić information content (AvgIpc) is 3.31. The number of nitrogens with one attached hydrogen (secondary N) is 1. The molecular weight excluding hydrogens is 256 g/mol. The zero-order valence-corrected chi connectivity index (χ0v) is 11.5. The molecule has 108 valence electrons. The minimum absolute atomic E-state index is 0.120. The number of anilines is 1. The summed E-state index contributed by atoms with van der Waals surface area (Å²) in [5.41, 5.74) is 0. The maximum absolute atomic E-state index is 12.2. The van der Waals surface area contributed by atoms with Crippen molar-refractivity contribution in [2.24, 2.45) is 5.92 Å². The second-order valence-electron chi connectivity index (χ2n) is 5.53. The molecule has 2 fully saturated rings. The summed E-state index contributed by atoms with van der Waals surface area (Å²) in [7, 11) is 0. The lowest BCUT2D eigenvalue weighted by atomic mass is 10.1. The smallest absolute Gasteiger partial charge is 0.323 e. The van der Waals surface area contributed by atoms with E-state index < -0.39 is 0 Å². The first-order valence-corrected chi connectivity index (χ1v) is 7.26. The number of aromatic nitrogens is 2. The number of piperidine rings is 1. The van der Waals surface area contributed by atoms with E-state index in [0.717, 1.165) is 31.9 Å². The van der Waals surface area contributed by atoms with Crippen LogP contribution >= 0.6 is 0 Å². The van der Waals surface area contributed by atoms with Crippen LogP contribution in [0.3, 0.4) is 0 Å². The maximum atomic E-state index is 12.2. The number of rotatable bonds is 4. The fourth-order valence-electron chi connectivity index (χ4n) is 2.37. The number of carbonyl (C=O) groups excluding carboxylic acids is 1. The summed E-state index contributed by atoms with van der Waals surface area (Å²) in [6, 6.07) is 3.36. The Morgan fingerprint density at radius 3 is 3.10 bits per heavy atom. The van der Waals surface area contributed by atoms with Crippen molar-refractivity contribution in [2.45, 2.75) is 31.8 Å². The average molecular weight is 276 g/mol. The molecule has 0 aromatic carbocycles. The van der Waals surface area contributed by atoms with Crippen LogP contribution in [-0.4, -0.2) is 46.9 Å². The van der Waals surface area contributed by atoms with E-state index in [-0.39, 0.29) is 12.1 Å². The van der Waals surface area contributed by atoms with E-state index in [4.69, 9.17) is 4.74 Å². The van der Waals surface area contributed by atoms with Gasteiger partial charge in [-0.3, -0.25) is 5.32 Å². The summed E-state index contributed by atoms with van der Waals surface area (Å²) in [5, 5.41) is 10.4. The maximum Gasteiger partial charge on any atom is 0.323 e. The predicted octanol–water partition coefficient (Wildman–Crippen LogP) is 1.90. The fraction of sp³-hybridized carbons (Fsp3) is 0.643. The Bertz CT molecular complexity index is 450. The molecule has 3 rings (SSSR count). The number of hydrogen-bond donors (Lipinski definition) is 1. The van der Waals surface area contributed by atoms with Crippen LogP contribution in [0.1, 0.15) is 25.7 Å². The minimum Gasteiger partial charge on any atom is -0.376 e. The number of likely N-dealkylation sites (tertiary alicyclic amines) is 1. The molecule has 2 heterocycles. The summed E-state index contributed by atoms with van der Waals surface area (Å²) in [4.78, 5) is 14.0. The van der Waals surface area contributed by atoms with Gasteiger partial charge in [0.25, 0.3) is 0 Å². The topological polar surface area (TPSA) is 67.4 Å². The van der Waals surface area contributed by atoms with Crippen LogP contribution in [0, 0.1) is 5.92 Å². The van der Waals surface area contributed by atoms with Gasteiger partial charge in [-0.25, -0.2) is 4.79 Å². The molecule has 0 radical (unpaired) electrons. The Hall–Kier alpha value is -1.69. The standard InChI is InChI=1S/C14H20N4O2/c19-14(16-13-4-1-7-15-17-13)18-8-2-3-12(9-18)20-10-11-5-6-11/h1,4,7,11-12H,2-3,5-6,8-10H2,(H,16,17,19). The summed E-state index contributed by atoms with van der Waals surface area (Å²) in [6.07, 6.45) is 6.38. The number of hydrogen-bond acceptors (Lipinski definition) is 4. The molecule has 1 saturated heterocycles. The van der Waals surface area contributed by atoms with Crippen LogP contribution in [0.25, 0.3) is 0 Å². The van der Waals surface area contributed by atoms with Gasteiger partial charge >= 0.3 is 6.03 Å². The van der Waals surface area contributed by atoms with Crippen molar-refractivity contribution < 1.29 is 9.53 Å². The van der Waals surface area contributed by atoms with Crippen LogP contribution in [0.2, 0.25) is 0 Å². The third-order valence-electron chi connectivity index (χ3n) is 3.74. The number of carbonyl (C=O) groups is 1. The first-order valence-electron chi connectivity index (χ1n) is 7.26. The Labute approximate surface area is 118 Å². The van der Waals surface area contributed by atoms with Gasteiger partial charge in [0.1, 0.15) is 0 Å². The van der Waals surface area contributed by atoms with Crippen molar-refractivity contribution in [3.05, 3.63) is 18.3 Å². The zero-order chi connectivity index (χ0) is 13.8. The molecule has 1 aromatic rings. The van der Waals surface area contributed by atoms with Crippen LogP contribution in [0.4, 0.5) is 10.6 Å². The van der Waals surface area contributed by atoms with Gasteiger partial charge in [-0.05, 0) is 43.7 Å². The van der Waals surface area contributed by atoms with E-state index in [0.29, 0.717) is 12.4 Å². The summed E-state index contributed by atoms with van der Waals surface area (Å²) >= 11 is 0. The number of ether oxygens (including phenoxy) is 1. The lowest BCUT2D eigenvalue weighted by Crippen LogP contribution is -2.45. The highest BCUT2D eigenvalue weighted by atomic mass is 16.5. The summed E-state index contributed by atoms with van der Waals surface area (Å²) in [6.45, 7) is 2.29. The van der Waals surface area contributed by atoms with Gasteiger partial charge in [0.2, 0.25) is 0 Å². The van der Waals surface area contributed by atoms with E-state index in [1.54, 1.807) is 23.2 Å². The van der Waals surface area contributed by atoms with Crippen molar-refractivity contribution in [3.8, 4) is 0 Å². The van der Waals surface area contributed by atoms with Crippen molar-refractivity contribution in [3.63, 3.8) is 0 Å². The molecule has 1 N–H and O–H groups in total. The zero-order valence-electron chi connectivity index (χ0n) is 11.5. The van der Waals surface area contributed by atoms with Gasteiger partial charge in [0.05, 0.1) is 6.10 Å². The summed E-state index contributed by atoms with van der Waals surface area (Å²) < 4.78 is 5.89. The predicted molar refractivity (Wildman–Crippen MR) is 74.3 cm³/mol. The summed E-state index contributed by atoms with van der Waals surface area (Å²) in [5.74, 6) is 1.25. The third-order valence-corrected chi connectivity index (χ3v) is 3.74. The molecule has 2 aliphatic rings. The Kier molecular flexibility index (Phi) is 4.11. The molecule has 2 amide bonds. The van der Waals surface area contributed by atoms with Gasteiger partial charge in [-0.1, -0.05) is 0 Å². The van der Waals surface area contributed by atoms with Gasteiger partial charge < -0.3 is 9.64 Å². The minimum atomic E-state index is -0.120. The highest BCUT2D eigenvalue weighted by molar-refractivity contribution is 5.88. The number of nitrogens with zero attached hydrogens (tertiary/aromatic N) is 3. The largest absolute Gasteiger partial charge is 0.376 e. The fourth-order valence-corrected chi connectivity index (χ4v) is 2.37. The molecule has 1 saturated carbocycles. The second kappa shape index (κ2) is 6.17. The van der Waals surface area contributed by atoms with Gasteiger partial charge in [-0.2, -0.15) is 5.10 Å². The van der Waals surface area contributed by atoms with Crippen molar-refractivity contribution in [2.75, 3.05) is 25.0 Å². The first kappa shape index (κ1) is 13.3. The number of amides is 2. The molecule has 1 aliphatic heterocycles. The molecule has 6 heteroatoms. The SMILES string of the molecule is O=C(Nc1cccnn1)N1CCCC(OCC2CC2)C1. The van der Waals surface area contributed by atoms with E-state index in [9.17, 15) is 4.79 Å². The lowest BCUT2D eigenvalue weighted by Gasteiger charge is -2.32. The van der Waals surface area contributed by atoms with E-state index >= 15 is 0 Å². The second-order valence-corrected chi connectivity index (χ2v) is 5.53. The molecule has 1 aromatic heterocycles. The Morgan fingerprint density at radius 2 is 2.35 bits per heavy atom.